The highest BCUT2D eigenvalue weighted by molar-refractivity contribution is 5.84. The van der Waals surface area contributed by atoms with Gasteiger partial charge >= 0.3 is 17.6 Å². The van der Waals surface area contributed by atoms with Crippen molar-refractivity contribution in [2.45, 2.75) is 32.6 Å². The Balaban J connectivity index is 3.25. The van der Waals surface area contributed by atoms with Gasteiger partial charge in [0.2, 0.25) is 0 Å². The molecule has 0 saturated carbocycles. The smallest absolute Gasteiger partial charge is 0.330 e. The molecule has 0 aliphatic heterocycles. The summed E-state index contributed by atoms with van der Waals surface area (Å²) in [6.45, 7) is 3.83. The zero-order valence-electron chi connectivity index (χ0n) is 13.8. The van der Waals surface area contributed by atoms with Gasteiger partial charge < -0.3 is 14.0 Å². The molecule has 0 unspecified atom stereocenters. The first-order chi connectivity index (χ1) is 10.8. The topological polar surface area (TPSA) is 96.6 Å². The minimum absolute atomic E-state index is 0.0292. The highest BCUT2D eigenvalue weighted by Crippen LogP contribution is 2.18. The summed E-state index contributed by atoms with van der Waals surface area (Å²) >= 11 is 0. The van der Waals surface area contributed by atoms with Gasteiger partial charge in [-0.2, -0.15) is 0 Å². The lowest BCUT2D eigenvalue weighted by molar-refractivity contribution is -0.152. The SMILES string of the molecule is CCCOC(=O)C[C@H](C(=O)OCC)c1cn(C)c(=O)n(C)c1=O. The second-order valence-electron chi connectivity index (χ2n) is 5.07. The van der Waals surface area contributed by atoms with Crippen LogP contribution in [0.2, 0.25) is 0 Å². The van der Waals surface area contributed by atoms with E-state index in [-0.39, 0.29) is 25.2 Å². The first-order valence-corrected chi connectivity index (χ1v) is 7.42. The van der Waals surface area contributed by atoms with Crippen LogP contribution in [0.1, 0.15) is 38.2 Å². The lowest BCUT2D eigenvalue weighted by atomic mass is 9.98. The van der Waals surface area contributed by atoms with Crippen LogP contribution in [0.5, 0.6) is 0 Å². The van der Waals surface area contributed by atoms with Crippen molar-refractivity contribution in [3.8, 4) is 0 Å². The normalized spacial score (nSPS) is 11.8. The maximum Gasteiger partial charge on any atom is 0.330 e. The van der Waals surface area contributed by atoms with Crippen LogP contribution in [0.25, 0.3) is 0 Å². The molecule has 128 valence electrons. The molecule has 0 amide bonds. The number of aromatic nitrogens is 2. The predicted octanol–water partition coefficient (Wildman–Crippen LogP) is 0.0740. The van der Waals surface area contributed by atoms with Crippen LogP contribution >= 0.6 is 0 Å². The fourth-order valence-corrected chi connectivity index (χ4v) is 2.08. The molecule has 0 N–H and O–H groups in total. The number of nitrogens with zero attached hydrogens (tertiary/aromatic N) is 2. The van der Waals surface area contributed by atoms with Crippen molar-refractivity contribution in [2.24, 2.45) is 14.1 Å². The van der Waals surface area contributed by atoms with E-state index >= 15 is 0 Å². The average molecular weight is 326 g/mol. The third kappa shape index (κ3) is 4.54. The van der Waals surface area contributed by atoms with Crippen LogP contribution < -0.4 is 11.2 Å². The van der Waals surface area contributed by atoms with Crippen molar-refractivity contribution in [1.82, 2.24) is 9.13 Å². The molecular weight excluding hydrogens is 304 g/mol. The minimum atomic E-state index is -1.11. The van der Waals surface area contributed by atoms with E-state index in [1.54, 1.807) is 6.92 Å². The largest absolute Gasteiger partial charge is 0.466 e. The zero-order valence-corrected chi connectivity index (χ0v) is 13.8. The van der Waals surface area contributed by atoms with Gasteiger partial charge in [0.25, 0.3) is 5.56 Å². The molecule has 8 nitrogen and oxygen atoms in total. The lowest BCUT2D eigenvalue weighted by Crippen LogP contribution is -2.40. The Morgan fingerprint density at radius 2 is 1.83 bits per heavy atom. The number of hydrogen-bond donors (Lipinski definition) is 0. The molecule has 1 aromatic rings. The Bertz CT molecular complexity index is 688. The van der Waals surface area contributed by atoms with Crippen molar-refractivity contribution >= 4 is 11.9 Å². The van der Waals surface area contributed by atoms with E-state index in [1.807, 2.05) is 6.92 Å². The Hall–Kier alpha value is -2.38. The molecule has 8 heteroatoms. The molecule has 0 radical (unpaired) electrons. The molecule has 0 saturated heterocycles. The van der Waals surface area contributed by atoms with Crippen LogP contribution in [0.15, 0.2) is 15.8 Å². The average Bonchev–Trinajstić information content (AvgIpc) is 2.52. The van der Waals surface area contributed by atoms with Gasteiger partial charge in [0, 0.05) is 25.9 Å². The summed E-state index contributed by atoms with van der Waals surface area (Å²) in [7, 11) is 2.77. The summed E-state index contributed by atoms with van der Waals surface area (Å²) in [5, 5.41) is 0. The molecule has 0 aliphatic rings. The maximum atomic E-state index is 12.3. The van der Waals surface area contributed by atoms with Crippen LogP contribution in [0.3, 0.4) is 0 Å². The summed E-state index contributed by atoms with van der Waals surface area (Å²) in [5.74, 6) is -2.40. The van der Waals surface area contributed by atoms with Crippen LogP contribution in [0.4, 0.5) is 0 Å². The van der Waals surface area contributed by atoms with Gasteiger partial charge in [0.15, 0.2) is 0 Å². The molecule has 1 heterocycles. The van der Waals surface area contributed by atoms with E-state index in [4.69, 9.17) is 9.47 Å². The van der Waals surface area contributed by atoms with E-state index < -0.39 is 29.1 Å². The molecule has 0 spiro atoms. The fraction of sp³-hybridized carbons (Fsp3) is 0.600. The summed E-state index contributed by atoms with van der Waals surface area (Å²) in [6, 6.07) is 0. The monoisotopic (exact) mass is 326 g/mol. The molecule has 23 heavy (non-hydrogen) atoms. The van der Waals surface area contributed by atoms with Gasteiger partial charge in [-0.05, 0) is 13.3 Å². The first-order valence-electron chi connectivity index (χ1n) is 7.42. The minimum Gasteiger partial charge on any atom is -0.466 e. The van der Waals surface area contributed by atoms with Crippen molar-refractivity contribution in [1.29, 1.82) is 0 Å². The van der Waals surface area contributed by atoms with E-state index in [9.17, 15) is 19.2 Å². The molecular formula is C15H22N2O6. The quantitative estimate of drug-likeness (QED) is 0.658. The number of rotatable bonds is 7. The van der Waals surface area contributed by atoms with E-state index in [2.05, 4.69) is 0 Å². The first kappa shape index (κ1) is 18.7. The number of hydrogen-bond acceptors (Lipinski definition) is 6. The Kier molecular flexibility index (Phi) is 6.74. The summed E-state index contributed by atoms with van der Waals surface area (Å²) in [6.07, 6.45) is 1.60. The van der Waals surface area contributed by atoms with Gasteiger partial charge in [-0.15, -0.1) is 0 Å². The van der Waals surface area contributed by atoms with Gasteiger partial charge in [0.05, 0.1) is 25.6 Å². The molecule has 0 bridgehead atoms. The lowest BCUT2D eigenvalue weighted by Gasteiger charge is -2.16. The third-order valence-electron chi connectivity index (χ3n) is 3.26. The van der Waals surface area contributed by atoms with E-state index in [0.717, 1.165) is 4.57 Å². The standard InChI is InChI=1S/C15H22N2O6/c1-5-7-23-12(18)8-10(14(20)22-6-2)11-9-16(3)15(21)17(4)13(11)19/h9-10H,5-8H2,1-4H3/t10-/m0/s1. The molecule has 0 fully saturated rings. The fourth-order valence-electron chi connectivity index (χ4n) is 2.08. The number of ether oxygens (including phenoxy) is 2. The van der Waals surface area contributed by atoms with E-state index in [1.165, 1.54) is 24.9 Å². The zero-order chi connectivity index (χ0) is 17.6. The van der Waals surface area contributed by atoms with Crippen LogP contribution in [-0.4, -0.2) is 34.3 Å². The van der Waals surface area contributed by atoms with Gasteiger partial charge in [0.1, 0.15) is 0 Å². The van der Waals surface area contributed by atoms with E-state index in [0.29, 0.717) is 6.42 Å². The second kappa shape index (κ2) is 8.30. The van der Waals surface area contributed by atoms with Gasteiger partial charge in [-0.1, -0.05) is 6.92 Å². The highest BCUT2D eigenvalue weighted by atomic mass is 16.5. The Morgan fingerprint density at radius 1 is 1.17 bits per heavy atom. The van der Waals surface area contributed by atoms with Crippen molar-refractivity contribution in [3.05, 3.63) is 32.6 Å². The maximum absolute atomic E-state index is 12.3. The number of carbonyl (C=O) groups excluding carboxylic acids is 2. The van der Waals surface area contributed by atoms with Crippen LogP contribution in [0, 0.1) is 0 Å². The summed E-state index contributed by atoms with van der Waals surface area (Å²) in [4.78, 5) is 48.0. The predicted molar refractivity (Wildman–Crippen MR) is 82.2 cm³/mol. The molecule has 1 rings (SSSR count). The Morgan fingerprint density at radius 3 is 2.39 bits per heavy atom. The third-order valence-corrected chi connectivity index (χ3v) is 3.26. The number of carbonyl (C=O) groups is 2. The Labute approximate surface area is 133 Å². The molecule has 1 atom stereocenters. The molecule has 0 aromatic carbocycles. The van der Waals surface area contributed by atoms with Crippen LogP contribution in [-0.2, 0) is 33.2 Å². The summed E-state index contributed by atoms with van der Waals surface area (Å²) in [5.41, 5.74) is -1.12. The van der Waals surface area contributed by atoms with Gasteiger partial charge in [-0.3, -0.25) is 19.0 Å². The van der Waals surface area contributed by atoms with Crippen molar-refractivity contribution < 1.29 is 19.1 Å². The second-order valence-corrected chi connectivity index (χ2v) is 5.07. The molecule has 1 aromatic heterocycles. The van der Waals surface area contributed by atoms with Crippen molar-refractivity contribution in [2.75, 3.05) is 13.2 Å². The number of esters is 2. The summed E-state index contributed by atoms with van der Waals surface area (Å²) < 4.78 is 12.0. The number of aryl methyl sites for hydroxylation is 1. The van der Waals surface area contributed by atoms with Crippen molar-refractivity contribution in [3.63, 3.8) is 0 Å². The molecule has 0 aliphatic carbocycles. The van der Waals surface area contributed by atoms with Gasteiger partial charge in [-0.25, -0.2) is 4.79 Å². The highest BCUT2D eigenvalue weighted by Gasteiger charge is 2.29.